The van der Waals surface area contributed by atoms with Crippen LogP contribution in [0.4, 0.5) is 21.6 Å². The topological polar surface area (TPSA) is 106 Å². The molecule has 1 amide bonds. The third-order valence-corrected chi connectivity index (χ3v) is 5.86. The van der Waals surface area contributed by atoms with Crippen LogP contribution in [0.1, 0.15) is 18.4 Å². The van der Waals surface area contributed by atoms with Crippen LogP contribution in [0.15, 0.2) is 61.3 Å². The molecule has 0 unspecified atom stereocenters. The number of aryl methyl sites for hydroxylation is 1. The Labute approximate surface area is 210 Å². The van der Waals surface area contributed by atoms with Gasteiger partial charge in [0.2, 0.25) is 0 Å². The Balaban J connectivity index is 1.25. The highest BCUT2D eigenvalue weighted by Crippen LogP contribution is 2.33. The molecule has 2 aromatic carbocycles. The van der Waals surface area contributed by atoms with Gasteiger partial charge in [-0.15, -0.1) is 0 Å². The number of ether oxygens (including phenoxy) is 1. The van der Waals surface area contributed by atoms with Crippen LogP contribution < -0.4 is 15.4 Å². The number of aromatic nitrogens is 5. The summed E-state index contributed by atoms with van der Waals surface area (Å²) in [5, 5.41) is 10.5. The molecule has 0 saturated heterocycles. The first-order chi connectivity index (χ1) is 18.0. The van der Waals surface area contributed by atoms with Crippen LogP contribution in [-0.2, 0) is 4.79 Å². The summed E-state index contributed by atoms with van der Waals surface area (Å²) in [6.07, 6.45) is 6.65. The molecule has 3 aromatic heterocycles. The maximum Gasteiger partial charge on any atom is 0.300 e. The van der Waals surface area contributed by atoms with Crippen LogP contribution in [0.5, 0.6) is 11.5 Å². The predicted octanol–water partition coefficient (Wildman–Crippen LogP) is 5.01. The van der Waals surface area contributed by atoms with E-state index in [4.69, 9.17) is 4.74 Å². The van der Waals surface area contributed by atoms with Crippen molar-refractivity contribution in [3.8, 4) is 23.3 Å². The number of pyridine rings is 1. The van der Waals surface area contributed by atoms with E-state index >= 15 is 4.39 Å². The van der Waals surface area contributed by atoms with E-state index in [2.05, 4.69) is 42.5 Å². The van der Waals surface area contributed by atoms with Crippen molar-refractivity contribution in [3.63, 3.8) is 0 Å². The summed E-state index contributed by atoms with van der Waals surface area (Å²) in [5.74, 6) is 6.28. The molecule has 2 N–H and O–H groups in total. The molecule has 1 aliphatic rings. The van der Waals surface area contributed by atoms with Crippen LogP contribution in [0, 0.1) is 30.5 Å². The Bertz CT molecular complexity index is 1730. The normalized spacial score (nSPS) is 12.7. The Hall–Kier alpha value is -5.04. The highest BCUT2D eigenvalue weighted by Gasteiger charge is 2.18. The number of rotatable bonds is 5. The molecule has 0 spiro atoms. The number of anilines is 3. The van der Waals surface area contributed by atoms with E-state index in [9.17, 15) is 4.79 Å². The minimum Gasteiger partial charge on any atom is -0.457 e. The van der Waals surface area contributed by atoms with Crippen LogP contribution in [0.3, 0.4) is 0 Å². The fraction of sp³-hybridized carbons (Fsp3) is 0.148. The maximum absolute atomic E-state index is 15.1. The Morgan fingerprint density at radius 2 is 2.00 bits per heavy atom. The first-order valence-electron chi connectivity index (χ1n) is 11.6. The average Bonchev–Trinajstić information content (AvgIpc) is 3.61. The van der Waals surface area contributed by atoms with Crippen molar-refractivity contribution in [2.45, 2.75) is 19.8 Å². The van der Waals surface area contributed by atoms with E-state index in [1.54, 1.807) is 47.1 Å². The van der Waals surface area contributed by atoms with Gasteiger partial charge in [0.15, 0.2) is 5.65 Å². The third-order valence-electron chi connectivity index (χ3n) is 5.86. The van der Waals surface area contributed by atoms with Crippen molar-refractivity contribution in [1.82, 2.24) is 24.6 Å². The quantitative estimate of drug-likeness (QED) is 0.332. The standard InChI is InChI=1S/C27H20FN7O2/c1-16-10-23(21(28)13-24(16)37-19-8-9-35-25(12-19)30-15-32-35)34-27-20-11-18(5-6-22(20)29-14-31-27)33-26(36)7-4-17-2-3-17/h5-6,8-15,17H,2-3H2,1H3,(H,33,36)(H,29,31,34). The second kappa shape index (κ2) is 9.20. The monoisotopic (exact) mass is 493 g/mol. The number of hydrogen-bond donors (Lipinski definition) is 2. The summed E-state index contributed by atoms with van der Waals surface area (Å²) < 4.78 is 22.7. The second-order valence-corrected chi connectivity index (χ2v) is 8.70. The molecule has 0 aliphatic heterocycles. The second-order valence-electron chi connectivity index (χ2n) is 8.70. The molecule has 37 heavy (non-hydrogen) atoms. The minimum atomic E-state index is -0.518. The van der Waals surface area contributed by atoms with Gasteiger partial charge in [-0.05, 0) is 61.6 Å². The molecule has 0 bridgehead atoms. The molecule has 1 saturated carbocycles. The van der Waals surface area contributed by atoms with E-state index in [1.165, 1.54) is 18.7 Å². The van der Waals surface area contributed by atoms with Gasteiger partial charge in [-0.25, -0.2) is 23.9 Å². The van der Waals surface area contributed by atoms with Crippen LogP contribution >= 0.6 is 0 Å². The first kappa shape index (κ1) is 22.4. The van der Waals surface area contributed by atoms with Gasteiger partial charge in [-0.3, -0.25) is 4.79 Å². The van der Waals surface area contributed by atoms with Gasteiger partial charge in [-0.1, -0.05) is 5.92 Å². The minimum absolute atomic E-state index is 0.225. The predicted molar refractivity (Wildman–Crippen MR) is 136 cm³/mol. The molecule has 182 valence electrons. The summed E-state index contributed by atoms with van der Waals surface area (Å²) in [6.45, 7) is 1.82. The lowest BCUT2D eigenvalue weighted by Gasteiger charge is -2.14. The molecule has 0 radical (unpaired) electrons. The maximum atomic E-state index is 15.1. The van der Waals surface area contributed by atoms with Crippen molar-refractivity contribution in [3.05, 3.63) is 72.7 Å². The van der Waals surface area contributed by atoms with Crippen molar-refractivity contribution in [2.24, 2.45) is 5.92 Å². The first-order valence-corrected chi connectivity index (χ1v) is 11.6. The molecule has 6 rings (SSSR count). The van der Waals surface area contributed by atoms with Crippen LogP contribution in [-0.4, -0.2) is 30.5 Å². The SMILES string of the molecule is Cc1cc(Nc2ncnc3ccc(NC(=O)C#CC4CC4)cc23)c(F)cc1Oc1ccn2ncnc2c1. The van der Waals surface area contributed by atoms with Gasteiger partial charge in [0.1, 0.15) is 35.8 Å². The Morgan fingerprint density at radius 3 is 2.86 bits per heavy atom. The number of nitrogens with zero attached hydrogens (tertiary/aromatic N) is 5. The molecule has 1 aliphatic carbocycles. The lowest BCUT2D eigenvalue weighted by molar-refractivity contribution is -0.111. The van der Waals surface area contributed by atoms with E-state index in [0.717, 1.165) is 12.8 Å². The number of hydrogen-bond acceptors (Lipinski definition) is 7. The van der Waals surface area contributed by atoms with Gasteiger partial charge >= 0.3 is 0 Å². The fourth-order valence-corrected chi connectivity index (χ4v) is 3.78. The van der Waals surface area contributed by atoms with Gasteiger partial charge in [0, 0.05) is 35.3 Å². The van der Waals surface area contributed by atoms with Gasteiger partial charge < -0.3 is 15.4 Å². The van der Waals surface area contributed by atoms with E-state index in [0.29, 0.717) is 51.0 Å². The number of halogens is 1. The highest BCUT2D eigenvalue weighted by molar-refractivity contribution is 6.05. The number of fused-ring (bicyclic) bond motifs is 2. The summed E-state index contributed by atoms with van der Waals surface area (Å²) in [4.78, 5) is 24.9. The molecule has 10 heteroatoms. The lowest BCUT2D eigenvalue weighted by Crippen LogP contribution is -2.08. The third kappa shape index (κ3) is 4.88. The molecule has 0 atom stereocenters. The van der Waals surface area contributed by atoms with E-state index in [1.807, 2.05) is 6.92 Å². The van der Waals surface area contributed by atoms with Gasteiger partial charge in [0.05, 0.1) is 11.2 Å². The van der Waals surface area contributed by atoms with Crippen molar-refractivity contribution < 1.29 is 13.9 Å². The number of carbonyl (C=O) groups excluding carboxylic acids is 1. The Kier molecular flexibility index (Phi) is 5.58. The van der Waals surface area contributed by atoms with Crippen LogP contribution in [0.2, 0.25) is 0 Å². The smallest absolute Gasteiger partial charge is 0.300 e. The fourth-order valence-electron chi connectivity index (χ4n) is 3.78. The van der Waals surface area contributed by atoms with E-state index in [-0.39, 0.29) is 11.6 Å². The Morgan fingerprint density at radius 1 is 1.11 bits per heavy atom. The molecular formula is C27H20FN7O2. The average molecular weight is 494 g/mol. The zero-order valence-electron chi connectivity index (χ0n) is 19.7. The molecule has 5 aromatic rings. The molecular weight excluding hydrogens is 473 g/mol. The number of carbonyl (C=O) groups is 1. The van der Waals surface area contributed by atoms with Crippen LogP contribution in [0.25, 0.3) is 16.6 Å². The highest BCUT2D eigenvalue weighted by atomic mass is 19.1. The zero-order valence-corrected chi connectivity index (χ0v) is 19.7. The van der Waals surface area contributed by atoms with Gasteiger partial charge in [-0.2, -0.15) is 5.10 Å². The number of nitrogens with one attached hydrogen (secondary N) is 2. The number of benzene rings is 2. The summed E-state index contributed by atoms with van der Waals surface area (Å²) in [5.41, 5.74) is 2.74. The van der Waals surface area contributed by atoms with Gasteiger partial charge in [0.25, 0.3) is 5.91 Å². The number of amides is 1. The van der Waals surface area contributed by atoms with Crippen molar-refractivity contribution in [2.75, 3.05) is 10.6 Å². The summed E-state index contributed by atoms with van der Waals surface area (Å²) in [7, 11) is 0. The lowest BCUT2D eigenvalue weighted by atomic mass is 10.1. The molecule has 3 heterocycles. The summed E-state index contributed by atoms with van der Waals surface area (Å²) >= 11 is 0. The zero-order chi connectivity index (χ0) is 25.4. The van der Waals surface area contributed by atoms with E-state index < -0.39 is 5.82 Å². The van der Waals surface area contributed by atoms with Crippen molar-refractivity contribution >= 4 is 39.6 Å². The molecule has 1 fully saturated rings. The summed E-state index contributed by atoms with van der Waals surface area (Å²) in [6, 6.07) is 11.6. The van der Waals surface area contributed by atoms with Crippen molar-refractivity contribution in [1.29, 1.82) is 0 Å². The molecule has 9 nitrogen and oxygen atoms in total. The largest absolute Gasteiger partial charge is 0.457 e.